The van der Waals surface area contributed by atoms with Gasteiger partial charge in [-0.2, -0.15) is 0 Å². The molecule has 0 amide bonds. The summed E-state index contributed by atoms with van der Waals surface area (Å²) in [5, 5.41) is 0. The number of nitrogens with zero attached hydrogens (tertiary/aromatic N) is 1. The molecule has 1 N–H and O–H groups in total. The molecule has 0 aromatic heterocycles. The van der Waals surface area contributed by atoms with Crippen molar-refractivity contribution in [2.75, 3.05) is 26.7 Å². The molecule has 1 rings (SSSR count). The largest absolute Gasteiger partial charge is 1.00 e. The molecule has 2 nitrogen and oxygen atoms in total. The van der Waals surface area contributed by atoms with Crippen molar-refractivity contribution in [2.24, 2.45) is 0 Å². The van der Waals surface area contributed by atoms with Crippen LogP contribution in [0, 0.1) is 0 Å². The molecule has 1 aliphatic heterocycles. The van der Waals surface area contributed by atoms with Crippen molar-refractivity contribution in [1.82, 2.24) is 4.84 Å². The minimum absolute atomic E-state index is 0. The molecular weight excluding hydrogens is 243 g/mol. The lowest BCUT2D eigenvalue weighted by Gasteiger charge is -2.36. The maximum absolute atomic E-state index is 5.73. The van der Waals surface area contributed by atoms with E-state index < -0.39 is 0 Å². The van der Waals surface area contributed by atoms with E-state index in [0.29, 0.717) is 0 Å². The molecule has 0 bridgehead atoms. The molecule has 0 unspecified atom stereocenters. The first-order valence-corrected chi connectivity index (χ1v) is 6.57. The van der Waals surface area contributed by atoms with Crippen LogP contribution in [0.15, 0.2) is 0 Å². The fraction of sp³-hybridized carbons (Fsp3) is 1.00. The van der Waals surface area contributed by atoms with E-state index in [-0.39, 0.29) is 17.9 Å². The summed E-state index contributed by atoms with van der Waals surface area (Å²) in [5.74, 6) is 0. The Morgan fingerprint density at radius 2 is 1.62 bits per heavy atom. The van der Waals surface area contributed by atoms with Gasteiger partial charge in [-0.1, -0.05) is 0 Å². The summed E-state index contributed by atoms with van der Waals surface area (Å²) in [7, 11) is 2.40. The average molecular weight is 269 g/mol. The molecule has 1 saturated heterocycles. The number of likely N-dealkylation sites (tertiary alicyclic amines) is 1. The summed E-state index contributed by atoms with van der Waals surface area (Å²) >= 11 is 5.73. The van der Waals surface area contributed by atoms with Gasteiger partial charge in [-0.15, -0.1) is 0 Å². The van der Waals surface area contributed by atoms with E-state index >= 15 is 0 Å². The molecule has 1 heterocycles. The number of quaternary nitrogens is 1. The van der Waals surface area contributed by atoms with Gasteiger partial charge in [0.05, 0.1) is 26.7 Å². The molecule has 0 saturated carbocycles. The topological polar surface area (TPSA) is 12.0 Å². The van der Waals surface area contributed by atoms with Gasteiger partial charge >= 0.3 is 0 Å². The summed E-state index contributed by atoms with van der Waals surface area (Å²) in [6.45, 7) is 8.28. The van der Waals surface area contributed by atoms with E-state index in [2.05, 4.69) is 25.7 Å². The Bertz CT molecular complexity index is 187. The molecule has 98 valence electrons. The Morgan fingerprint density at radius 1 is 1.12 bits per heavy atom. The standard InChI is InChI=1S/C12H26ClN2.ClH/c1-12(2,14-13)8-11-15(3)9-6-4-5-7-10-15;/h14H,4-11H2,1-3H3;1H/q+1;/p-1. The molecule has 0 aliphatic carbocycles. The van der Waals surface area contributed by atoms with Gasteiger partial charge < -0.3 is 16.9 Å². The minimum atomic E-state index is 0. The first-order valence-electron chi connectivity index (χ1n) is 6.19. The van der Waals surface area contributed by atoms with E-state index in [1.54, 1.807) is 0 Å². The second-order valence-corrected chi connectivity index (χ2v) is 6.12. The van der Waals surface area contributed by atoms with Crippen LogP contribution in [-0.4, -0.2) is 36.7 Å². The summed E-state index contributed by atoms with van der Waals surface area (Å²) < 4.78 is 1.24. The van der Waals surface area contributed by atoms with Crippen LogP contribution in [0.4, 0.5) is 0 Å². The molecule has 0 spiro atoms. The third-order valence-corrected chi connectivity index (χ3v) is 4.19. The molecule has 1 fully saturated rings. The quantitative estimate of drug-likeness (QED) is 0.556. The summed E-state index contributed by atoms with van der Waals surface area (Å²) in [5.41, 5.74) is 0.0646. The van der Waals surface area contributed by atoms with Crippen molar-refractivity contribution in [1.29, 1.82) is 0 Å². The highest BCUT2D eigenvalue weighted by Gasteiger charge is 2.27. The van der Waals surface area contributed by atoms with Crippen LogP contribution in [0.2, 0.25) is 0 Å². The second kappa shape index (κ2) is 7.05. The van der Waals surface area contributed by atoms with E-state index in [1.165, 1.54) is 49.8 Å². The molecule has 0 radical (unpaired) electrons. The van der Waals surface area contributed by atoms with Crippen molar-refractivity contribution in [2.45, 2.75) is 51.5 Å². The van der Waals surface area contributed by atoms with Gasteiger partial charge in [0.25, 0.3) is 0 Å². The Hall–Kier alpha value is 0.500. The second-order valence-electron chi connectivity index (χ2n) is 5.93. The Labute approximate surface area is 112 Å². The van der Waals surface area contributed by atoms with Crippen LogP contribution >= 0.6 is 11.8 Å². The zero-order valence-electron chi connectivity index (χ0n) is 10.9. The lowest BCUT2D eigenvalue weighted by atomic mass is 10.0. The van der Waals surface area contributed by atoms with Gasteiger partial charge in [0.15, 0.2) is 0 Å². The predicted octanol–water partition coefficient (Wildman–Crippen LogP) is -0.0769. The van der Waals surface area contributed by atoms with Crippen molar-refractivity contribution < 1.29 is 16.9 Å². The van der Waals surface area contributed by atoms with Crippen LogP contribution in [0.1, 0.15) is 46.0 Å². The lowest BCUT2D eigenvalue weighted by molar-refractivity contribution is -0.909. The first kappa shape index (κ1) is 16.5. The Kier molecular flexibility index (Phi) is 7.27. The van der Waals surface area contributed by atoms with Crippen molar-refractivity contribution >= 4 is 11.8 Å². The highest BCUT2D eigenvalue weighted by Crippen LogP contribution is 2.19. The number of halogens is 2. The van der Waals surface area contributed by atoms with Crippen molar-refractivity contribution in [3.8, 4) is 0 Å². The maximum atomic E-state index is 5.73. The van der Waals surface area contributed by atoms with Crippen molar-refractivity contribution in [3.63, 3.8) is 0 Å². The fourth-order valence-corrected chi connectivity index (χ4v) is 2.37. The van der Waals surface area contributed by atoms with Gasteiger partial charge in [0.1, 0.15) is 0 Å². The van der Waals surface area contributed by atoms with Crippen LogP contribution in [0.5, 0.6) is 0 Å². The van der Waals surface area contributed by atoms with Crippen LogP contribution in [0.3, 0.4) is 0 Å². The third kappa shape index (κ3) is 5.72. The highest BCUT2D eigenvalue weighted by molar-refractivity contribution is 6.13. The van der Waals surface area contributed by atoms with E-state index in [1.807, 2.05) is 0 Å². The SMILES string of the molecule is CC(C)(CC[N+]1(C)CCCCCC1)NCl.[Cl-]. The zero-order valence-corrected chi connectivity index (χ0v) is 12.4. The van der Waals surface area contributed by atoms with Crippen molar-refractivity contribution in [3.05, 3.63) is 0 Å². The maximum Gasteiger partial charge on any atom is 0.0802 e. The molecular formula is C12H26Cl2N2. The Morgan fingerprint density at radius 3 is 2.06 bits per heavy atom. The number of hydrogen-bond acceptors (Lipinski definition) is 1. The number of hydrogen-bond donors (Lipinski definition) is 1. The van der Waals surface area contributed by atoms with Gasteiger partial charge in [-0.05, 0) is 51.3 Å². The highest BCUT2D eigenvalue weighted by atomic mass is 35.5. The summed E-state index contributed by atoms with van der Waals surface area (Å²) in [6.07, 6.45) is 6.78. The van der Waals surface area contributed by atoms with E-state index in [4.69, 9.17) is 11.8 Å². The van der Waals surface area contributed by atoms with Crippen LogP contribution in [-0.2, 0) is 0 Å². The fourth-order valence-electron chi connectivity index (χ4n) is 2.27. The van der Waals surface area contributed by atoms with Gasteiger partial charge in [0.2, 0.25) is 0 Å². The van der Waals surface area contributed by atoms with E-state index in [0.717, 1.165) is 6.42 Å². The average Bonchev–Trinajstić information content (AvgIpc) is 2.42. The normalized spacial score (nSPS) is 21.0. The lowest BCUT2D eigenvalue weighted by Crippen LogP contribution is -3.00. The number of nitrogens with one attached hydrogen (secondary N) is 1. The minimum Gasteiger partial charge on any atom is -1.00 e. The zero-order chi connectivity index (χ0) is 11.4. The number of rotatable bonds is 4. The Balaban J connectivity index is 0.00000225. The first-order chi connectivity index (χ1) is 6.97. The molecule has 1 aliphatic rings. The van der Waals surface area contributed by atoms with E-state index in [9.17, 15) is 0 Å². The monoisotopic (exact) mass is 268 g/mol. The molecule has 0 aromatic carbocycles. The third-order valence-electron chi connectivity index (χ3n) is 3.68. The van der Waals surface area contributed by atoms with Gasteiger partial charge in [-0.3, -0.25) is 0 Å². The van der Waals surface area contributed by atoms with Crippen LogP contribution in [0.25, 0.3) is 0 Å². The molecule has 16 heavy (non-hydrogen) atoms. The smallest absolute Gasteiger partial charge is 0.0802 e. The molecule has 0 aromatic rings. The van der Waals surface area contributed by atoms with Gasteiger partial charge in [0, 0.05) is 12.0 Å². The summed E-state index contributed by atoms with van der Waals surface area (Å²) in [4.78, 5) is 2.88. The predicted molar refractivity (Wildman–Crippen MR) is 66.9 cm³/mol. The molecule has 4 heteroatoms. The van der Waals surface area contributed by atoms with Crippen LogP contribution < -0.4 is 17.2 Å². The summed E-state index contributed by atoms with van der Waals surface area (Å²) in [6, 6.07) is 0. The van der Waals surface area contributed by atoms with Gasteiger partial charge in [-0.25, -0.2) is 4.84 Å². The molecule has 0 atom stereocenters.